The molecular weight excluding hydrogens is 326 g/mol. The van der Waals surface area contributed by atoms with Gasteiger partial charge in [-0.2, -0.15) is 0 Å². The van der Waals surface area contributed by atoms with Gasteiger partial charge in [0.2, 0.25) is 5.91 Å². The Morgan fingerprint density at radius 3 is 2.43 bits per heavy atom. The van der Waals surface area contributed by atoms with Gasteiger partial charge in [0.05, 0.1) is 11.4 Å². The molecule has 128 valence electrons. The summed E-state index contributed by atoms with van der Waals surface area (Å²) in [5.74, 6) is -2.75. The number of hydrogen-bond donors (Lipinski definition) is 0. The Morgan fingerprint density at radius 1 is 1.17 bits per heavy atom. The van der Waals surface area contributed by atoms with E-state index in [0.29, 0.717) is 19.5 Å². The summed E-state index contributed by atoms with van der Waals surface area (Å²) in [5, 5.41) is 0. The molecule has 0 saturated carbocycles. The molecule has 1 saturated heterocycles. The predicted octanol–water partition coefficient (Wildman–Crippen LogP) is 1.44. The summed E-state index contributed by atoms with van der Waals surface area (Å²) in [7, 11) is -3.37. The summed E-state index contributed by atoms with van der Waals surface area (Å²) in [6.45, 7) is 2.99. The molecule has 1 aromatic carbocycles. The molecule has 0 bridgehead atoms. The lowest BCUT2D eigenvalue weighted by Crippen LogP contribution is -2.50. The summed E-state index contributed by atoms with van der Waals surface area (Å²) in [6.07, 6.45) is 0.474. The maximum Gasteiger partial charge on any atom is 0.237 e. The maximum absolute atomic E-state index is 13.8. The molecule has 8 heteroatoms. The molecule has 0 spiro atoms. The summed E-state index contributed by atoms with van der Waals surface area (Å²) >= 11 is 0. The first kappa shape index (κ1) is 17.7. The summed E-state index contributed by atoms with van der Waals surface area (Å²) < 4.78 is 50.4. The number of halogens is 2. The quantitative estimate of drug-likeness (QED) is 0.810. The number of rotatable bonds is 5. The van der Waals surface area contributed by atoms with E-state index >= 15 is 0 Å². The fourth-order valence-electron chi connectivity index (χ4n) is 2.60. The van der Waals surface area contributed by atoms with Gasteiger partial charge >= 0.3 is 0 Å². The van der Waals surface area contributed by atoms with Crippen LogP contribution in [-0.2, 0) is 14.6 Å². The molecule has 1 aliphatic heterocycles. The zero-order valence-corrected chi connectivity index (χ0v) is 13.8. The van der Waals surface area contributed by atoms with Crippen LogP contribution >= 0.6 is 0 Å². The highest BCUT2D eigenvalue weighted by atomic mass is 32.2. The lowest BCUT2D eigenvalue weighted by atomic mass is 10.2. The number of sulfone groups is 1. The second-order valence-electron chi connectivity index (χ2n) is 5.53. The van der Waals surface area contributed by atoms with E-state index in [2.05, 4.69) is 0 Å². The molecule has 5 nitrogen and oxygen atoms in total. The Hall–Kier alpha value is -1.70. The number of carbonyl (C=O) groups is 1. The van der Waals surface area contributed by atoms with Crippen molar-refractivity contribution in [3.63, 3.8) is 0 Å². The minimum absolute atomic E-state index is 0.00674. The van der Waals surface area contributed by atoms with Crippen molar-refractivity contribution in [2.75, 3.05) is 42.6 Å². The number of hydrogen-bond acceptors (Lipinski definition) is 4. The Balaban J connectivity index is 1.96. The molecule has 0 atom stereocenters. The molecule has 0 radical (unpaired) electrons. The minimum Gasteiger partial charge on any atom is -0.366 e. The van der Waals surface area contributed by atoms with Gasteiger partial charge in [-0.15, -0.1) is 0 Å². The molecule has 0 unspecified atom stereocenters. The molecule has 0 N–H and O–H groups in total. The van der Waals surface area contributed by atoms with Crippen LogP contribution in [0.5, 0.6) is 0 Å². The van der Waals surface area contributed by atoms with Gasteiger partial charge in [-0.3, -0.25) is 4.79 Å². The van der Waals surface area contributed by atoms with Crippen molar-refractivity contribution in [2.24, 2.45) is 0 Å². The molecule has 1 amide bonds. The van der Waals surface area contributed by atoms with Gasteiger partial charge in [0.15, 0.2) is 21.5 Å². The monoisotopic (exact) mass is 346 g/mol. The van der Waals surface area contributed by atoms with Gasteiger partial charge in [0, 0.05) is 26.2 Å². The molecule has 1 aliphatic rings. The number of carbonyl (C=O) groups excluding carboxylic acids is 1. The van der Waals surface area contributed by atoms with Gasteiger partial charge < -0.3 is 9.80 Å². The highest BCUT2D eigenvalue weighted by molar-refractivity contribution is 7.92. The number of anilines is 1. The fraction of sp³-hybridized carbons (Fsp3) is 0.533. The normalized spacial score (nSPS) is 15.8. The third kappa shape index (κ3) is 4.40. The lowest BCUT2D eigenvalue weighted by molar-refractivity contribution is -0.128. The largest absolute Gasteiger partial charge is 0.366 e. The van der Waals surface area contributed by atoms with Crippen molar-refractivity contribution in [1.82, 2.24) is 4.90 Å². The third-order valence-electron chi connectivity index (χ3n) is 3.76. The third-order valence-corrected chi connectivity index (χ3v) is 5.48. The Bertz CT molecular complexity index is 671. The Kier molecular flexibility index (Phi) is 5.56. The molecule has 1 heterocycles. The highest BCUT2D eigenvalue weighted by Crippen LogP contribution is 2.22. The number of piperazine rings is 1. The Morgan fingerprint density at radius 2 is 1.83 bits per heavy atom. The molecular formula is C15H20F2N2O3S. The lowest BCUT2D eigenvalue weighted by Gasteiger charge is -2.36. The van der Waals surface area contributed by atoms with Crippen molar-refractivity contribution in [1.29, 1.82) is 0 Å². The van der Waals surface area contributed by atoms with E-state index in [9.17, 15) is 22.0 Å². The van der Waals surface area contributed by atoms with Crippen molar-refractivity contribution >= 4 is 21.4 Å². The first-order chi connectivity index (χ1) is 10.8. The van der Waals surface area contributed by atoms with E-state index in [1.165, 1.54) is 17.0 Å². The van der Waals surface area contributed by atoms with E-state index < -0.39 is 33.1 Å². The van der Waals surface area contributed by atoms with Crippen LogP contribution in [0.15, 0.2) is 18.2 Å². The highest BCUT2D eigenvalue weighted by Gasteiger charge is 2.26. The van der Waals surface area contributed by atoms with Crippen LogP contribution < -0.4 is 4.90 Å². The van der Waals surface area contributed by atoms with Gasteiger partial charge in [0.25, 0.3) is 0 Å². The van der Waals surface area contributed by atoms with Crippen molar-refractivity contribution in [3.8, 4) is 0 Å². The van der Waals surface area contributed by atoms with E-state index in [0.717, 1.165) is 6.07 Å². The van der Waals surface area contributed by atoms with Crippen molar-refractivity contribution < 1.29 is 22.0 Å². The second-order valence-corrected chi connectivity index (χ2v) is 7.72. The van der Waals surface area contributed by atoms with E-state index in [4.69, 9.17) is 0 Å². The molecule has 2 rings (SSSR count). The van der Waals surface area contributed by atoms with Gasteiger partial charge in [-0.05, 0) is 18.6 Å². The van der Waals surface area contributed by atoms with Gasteiger partial charge in [-0.25, -0.2) is 17.2 Å². The zero-order valence-electron chi connectivity index (χ0n) is 13.0. The van der Waals surface area contributed by atoms with E-state index in [1.54, 1.807) is 11.8 Å². The summed E-state index contributed by atoms with van der Waals surface area (Å²) in [6, 6.07) is 3.97. The SMILES string of the molecule is CCCS(=O)(=O)CC(=O)N1CCN(c2cccc(F)c2F)CC1. The minimum atomic E-state index is -3.37. The van der Waals surface area contributed by atoms with E-state index in [1.807, 2.05) is 0 Å². The Labute approximate surface area is 134 Å². The fourth-order valence-corrected chi connectivity index (χ4v) is 3.92. The van der Waals surface area contributed by atoms with Crippen molar-refractivity contribution in [2.45, 2.75) is 13.3 Å². The molecule has 0 aliphatic carbocycles. The number of benzene rings is 1. The van der Waals surface area contributed by atoms with E-state index in [-0.39, 0.29) is 24.5 Å². The number of amides is 1. The standard InChI is InChI=1S/C15H20F2N2O3S/c1-2-10-23(21,22)11-14(20)19-8-6-18(7-9-19)13-5-3-4-12(16)15(13)17/h3-5H,2,6-11H2,1H3. The van der Waals surface area contributed by atoms with Crippen LogP contribution in [0.4, 0.5) is 14.5 Å². The van der Waals surface area contributed by atoms with Crippen LogP contribution in [0.1, 0.15) is 13.3 Å². The van der Waals surface area contributed by atoms with Crippen molar-refractivity contribution in [3.05, 3.63) is 29.8 Å². The topological polar surface area (TPSA) is 57.7 Å². The second kappa shape index (κ2) is 7.25. The molecule has 1 aromatic rings. The van der Waals surface area contributed by atoms with Crippen LogP contribution in [0.25, 0.3) is 0 Å². The van der Waals surface area contributed by atoms with Gasteiger partial charge in [0.1, 0.15) is 5.75 Å². The molecule has 0 aromatic heterocycles. The van der Waals surface area contributed by atoms with Crippen LogP contribution in [-0.4, -0.2) is 56.9 Å². The smallest absolute Gasteiger partial charge is 0.237 e. The first-order valence-electron chi connectivity index (χ1n) is 7.51. The predicted molar refractivity (Wildman–Crippen MR) is 84.1 cm³/mol. The van der Waals surface area contributed by atoms with Gasteiger partial charge in [-0.1, -0.05) is 13.0 Å². The molecule has 23 heavy (non-hydrogen) atoms. The molecule has 1 fully saturated rings. The number of nitrogens with zero attached hydrogens (tertiary/aromatic N) is 2. The zero-order chi connectivity index (χ0) is 17.0. The first-order valence-corrected chi connectivity index (χ1v) is 9.33. The summed E-state index contributed by atoms with van der Waals surface area (Å²) in [5.41, 5.74) is 0.163. The summed E-state index contributed by atoms with van der Waals surface area (Å²) in [4.78, 5) is 15.2. The maximum atomic E-state index is 13.8. The van der Waals surface area contributed by atoms with Crippen LogP contribution in [0, 0.1) is 11.6 Å². The van der Waals surface area contributed by atoms with Crippen LogP contribution in [0.3, 0.4) is 0 Å². The van der Waals surface area contributed by atoms with Crippen LogP contribution in [0.2, 0.25) is 0 Å². The average Bonchev–Trinajstić information content (AvgIpc) is 2.49. The average molecular weight is 346 g/mol.